The Balaban J connectivity index is 2.08. The van der Waals surface area contributed by atoms with Gasteiger partial charge in [-0.15, -0.1) is 11.3 Å². The molecule has 3 nitrogen and oxygen atoms in total. The van der Waals surface area contributed by atoms with Crippen LogP contribution in [0.2, 0.25) is 0 Å². The second-order valence-electron chi connectivity index (χ2n) is 4.56. The summed E-state index contributed by atoms with van der Waals surface area (Å²) in [5, 5.41) is 2.13. The van der Waals surface area contributed by atoms with E-state index in [1.807, 2.05) is 18.3 Å². The minimum absolute atomic E-state index is 0.0616. The van der Waals surface area contributed by atoms with Crippen LogP contribution in [0.5, 0.6) is 0 Å². The molecule has 0 aliphatic carbocycles. The fraction of sp³-hybridized carbons (Fsp3) is 0.667. The number of hydrogen-bond donors (Lipinski definition) is 0. The Bertz CT molecular complexity index is 338. The molecule has 0 fully saturated rings. The molecule has 0 saturated carbocycles. The Morgan fingerprint density at radius 3 is 2.79 bits per heavy atom. The summed E-state index contributed by atoms with van der Waals surface area (Å²) in [6, 6.07) is 4.29. The molecule has 108 valence electrons. The Labute approximate surface area is 120 Å². The third kappa shape index (κ3) is 7.33. The number of nitrogens with zero attached hydrogens (tertiary/aromatic N) is 1. The van der Waals surface area contributed by atoms with Crippen LogP contribution in [0.15, 0.2) is 17.5 Å². The quantitative estimate of drug-likeness (QED) is 0.484. The van der Waals surface area contributed by atoms with Crippen LogP contribution in [-0.4, -0.2) is 30.6 Å². The molecule has 0 aliphatic heterocycles. The molecule has 1 heterocycles. The molecule has 0 N–H and O–H groups in total. The Kier molecular flexibility index (Phi) is 8.50. The summed E-state index contributed by atoms with van der Waals surface area (Å²) in [5.41, 5.74) is 0. The lowest BCUT2D eigenvalue weighted by atomic mass is 10.2. The molecular formula is C15H25NO2S. The molecule has 0 spiro atoms. The van der Waals surface area contributed by atoms with Crippen LogP contribution in [0.3, 0.4) is 0 Å². The van der Waals surface area contributed by atoms with Crippen molar-refractivity contribution in [3.05, 3.63) is 22.4 Å². The number of unbranched alkanes of at least 4 members (excludes halogenated alkanes) is 2. The standard InChI is InChI=1S/C15H25NO2S/c1-3-16(13-14-9-8-12-19-14)11-7-5-6-10-15(17)18-4-2/h8-9,12H,3-7,10-11,13H2,1-2H3. The van der Waals surface area contributed by atoms with E-state index in [0.29, 0.717) is 13.0 Å². The van der Waals surface area contributed by atoms with Crippen LogP contribution in [0.1, 0.15) is 44.4 Å². The number of carbonyl (C=O) groups excluding carboxylic acids is 1. The summed E-state index contributed by atoms with van der Waals surface area (Å²) in [5.74, 6) is -0.0616. The van der Waals surface area contributed by atoms with Gasteiger partial charge in [0, 0.05) is 17.8 Å². The highest BCUT2D eigenvalue weighted by atomic mass is 32.1. The number of hydrogen-bond acceptors (Lipinski definition) is 4. The van der Waals surface area contributed by atoms with Gasteiger partial charge in [-0.2, -0.15) is 0 Å². The normalized spacial score (nSPS) is 10.9. The van der Waals surface area contributed by atoms with E-state index in [4.69, 9.17) is 4.74 Å². The van der Waals surface area contributed by atoms with Crippen molar-refractivity contribution in [1.29, 1.82) is 0 Å². The molecule has 19 heavy (non-hydrogen) atoms. The monoisotopic (exact) mass is 283 g/mol. The molecule has 0 aliphatic rings. The van der Waals surface area contributed by atoms with Gasteiger partial charge in [0.05, 0.1) is 6.61 Å². The molecule has 0 aromatic carbocycles. The minimum Gasteiger partial charge on any atom is -0.466 e. The second-order valence-corrected chi connectivity index (χ2v) is 5.60. The number of esters is 1. The van der Waals surface area contributed by atoms with Gasteiger partial charge >= 0.3 is 5.97 Å². The number of thiophene rings is 1. The van der Waals surface area contributed by atoms with Crippen molar-refractivity contribution in [3.63, 3.8) is 0 Å². The maximum absolute atomic E-state index is 11.2. The topological polar surface area (TPSA) is 29.5 Å². The van der Waals surface area contributed by atoms with E-state index < -0.39 is 0 Å². The maximum Gasteiger partial charge on any atom is 0.305 e. The fourth-order valence-corrected chi connectivity index (χ4v) is 2.73. The average Bonchev–Trinajstić information content (AvgIpc) is 2.90. The number of ether oxygens (including phenoxy) is 1. The van der Waals surface area contributed by atoms with Crippen molar-refractivity contribution < 1.29 is 9.53 Å². The van der Waals surface area contributed by atoms with E-state index in [1.54, 1.807) is 0 Å². The first kappa shape index (κ1) is 16.2. The van der Waals surface area contributed by atoms with E-state index in [9.17, 15) is 4.79 Å². The molecule has 1 aromatic rings. The van der Waals surface area contributed by atoms with Gasteiger partial charge in [0.15, 0.2) is 0 Å². The number of rotatable bonds is 10. The summed E-state index contributed by atoms with van der Waals surface area (Å²) in [6.45, 7) is 7.77. The van der Waals surface area contributed by atoms with Crippen LogP contribution >= 0.6 is 11.3 Å². The molecule has 0 amide bonds. The molecule has 0 bridgehead atoms. The molecule has 0 atom stereocenters. The first-order valence-electron chi connectivity index (χ1n) is 7.16. The van der Waals surface area contributed by atoms with Crippen molar-refractivity contribution in [3.8, 4) is 0 Å². The average molecular weight is 283 g/mol. The predicted octanol–water partition coefficient (Wildman–Crippen LogP) is 3.69. The van der Waals surface area contributed by atoms with Crippen LogP contribution in [0.4, 0.5) is 0 Å². The summed E-state index contributed by atoms with van der Waals surface area (Å²) in [7, 11) is 0. The summed E-state index contributed by atoms with van der Waals surface area (Å²) in [4.78, 5) is 15.1. The van der Waals surface area contributed by atoms with Crippen LogP contribution in [-0.2, 0) is 16.1 Å². The zero-order valence-electron chi connectivity index (χ0n) is 12.1. The summed E-state index contributed by atoms with van der Waals surface area (Å²) in [6.07, 6.45) is 3.75. The highest BCUT2D eigenvalue weighted by Crippen LogP contribution is 2.12. The molecular weight excluding hydrogens is 258 g/mol. The molecule has 0 unspecified atom stereocenters. The maximum atomic E-state index is 11.2. The van der Waals surface area contributed by atoms with Gasteiger partial charge in [-0.05, 0) is 44.3 Å². The largest absolute Gasteiger partial charge is 0.466 e. The Morgan fingerprint density at radius 1 is 1.32 bits per heavy atom. The van der Waals surface area contributed by atoms with E-state index in [1.165, 1.54) is 4.88 Å². The molecule has 1 rings (SSSR count). The summed E-state index contributed by atoms with van der Waals surface area (Å²) >= 11 is 1.82. The van der Waals surface area contributed by atoms with Crippen molar-refractivity contribution in [2.75, 3.05) is 19.7 Å². The number of carbonyl (C=O) groups is 1. The highest BCUT2D eigenvalue weighted by Gasteiger charge is 2.05. The lowest BCUT2D eigenvalue weighted by Gasteiger charge is -2.19. The molecule has 4 heteroatoms. The molecule has 0 saturated heterocycles. The van der Waals surface area contributed by atoms with E-state index in [2.05, 4.69) is 29.3 Å². The van der Waals surface area contributed by atoms with Gasteiger partial charge in [-0.1, -0.05) is 19.4 Å². The van der Waals surface area contributed by atoms with Gasteiger partial charge in [-0.25, -0.2) is 0 Å². The third-order valence-electron chi connectivity index (χ3n) is 3.07. The van der Waals surface area contributed by atoms with E-state index in [-0.39, 0.29) is 5.97 Å². The van der Waals surface area contributed by atoms with Crippen LogP contribution in [0, 0.1) is 0 Å². The van der Waals surface area contributed by atoms with Crippen LogP contribution < -0.4 is 0 Å². The van der Waals surface area contributed by atoms with Gasteiger partial charge in [-0.3, -0.25) is 9.69 Å². The Hall–Kier alpha value is -0.870. The zero-order chi connectivity index (χ0) is 13.9. The fourth-order valence-electron chi connectivity index (χ4n) is 1.99. The molecule has 1 aromatic heterocycles. The smallest absolute Gasteiger partial charge is 0.305 e. The van der Waals surface area contributed by atoms with Crippen molar-refractivity contribution >= 4 is 17.3 Å². The Morgan fingerprint density at radius 2 is 2.16 bits per heavy atom. The van der Waals surface area contributed by atoms with E-state index in [0.717, 1.165) is 38.9 Å². The van der Waals surface area contributed by atoms with Crippen molar-refractivity contribution in [2.45, 2.75) is 46.1 Å². The highest BCUT2D eigenvalue weighted by molar-refractivity contribution is 7.09. The summed E-state index contributed by atoms with van der Waals surface area (Å²) < 4.78 is 4.91. The lowest BCUT2D eigenvalue weighted by Crippen LogP contribution is -2.23. The first-order chi connectivity index (χ1) is 9.26. The van der Waals surface area contributed by atoms with Gasteiger partial charge in [0.1, 0.15) is 0 Å². The van der Waals surface area contributed by atoms with Crippen molar-refractivity contribution in [1.82, 2.24) is 4.90 Å². The van der Waals surface area contributed by atoms with Crippen molar-refractivity contribution in [2.24, 2.45) is 0 Å². The third-order valence-corrected chi connectivity index (χ3v) is 3.93. The predicted molar refractivity (Wildman–Crippen MR) is 80.4 cm³/mol. The molecule has 0 radical (unpaired) electrons. The van der Waals surface area contributed by atoms with Crippen LogP contribution in [0.25, 0.3) is 0 Å². The lowest BCUT2D eigenvalue weighted by molar-refractivity contribution is -0.143. The van der Waals surface area contributed by atoms with Gasteiger partial charge in [0.2, 0.25) is 0 Å². The SMILES string of the molecule is CCOC(=O)CCCCCN(CC)Cc1cccs1. The first-order valence-corrected chi connectivity index (χ1v) is 8.04. The second kappa shape index (κ2) is 9.98. The van der Waals surface area contributed by atoms with E-state index >= 15 is 0 Å². The zero-order valence-corrected chi connectivity index (χ0v) is 12.9. The van der Waals surface area contributed by atoms with Gasteiger partial charge in [0.25, 0.3) is 0 Å². The minimum atomic E-state index is -0.0616. The van der Waals surface area contributed by atoms with Gasteiger partial charge < -0.3 is 4.74 Å².